The van der Waals surface area contributed by atoms with Crippen LogP contribution in [0.25, 0.3) is 0 Å². The summed E-state index contributed by atoms with van der Waals surface area (Å²) in [6.07, 6.45) is -0.277. The Morgan fingerprint density at radius 2 is 1.76 bits per heavy atom. The van der Waals surface area contributed by atoms with Crippen molar-refractivity contribution in [2.24, 2.45) is 0 Å². The van der Waals surface area contributed by atoms with Crippen LogP contribution in [0.2, 0.25) is 0 Å². The molecule has 2 N–H and O–H groups in total. The second-order valence-electron chi connectivity index (χ2n) is 6.14. The molecule has 25 heavy (non-hydrogen) atoms. The van der Waals surface area contributed by atoms with Gasteiger partial charge in [-0.15, -0.1) is 0 Å². The van der Waals surface area contributed by atoms with Crippen LogP contribution in [0.15, 0.2) is 48.5 Å². The highest BCUT2D eigenvalue weighted by Crippen LogP contribution is 2.28. The summed E-state index contributed by atoms with van der Waals surface area (Å²) in [6, 6.07) is 11.3. The Bertz CT molecular complexity index is 779. The molecule has 0 unspecified atom stereocenters. The molecular weight excluding hydrogens is 328 g/mol. The molecule has 0 saturated carbocycles. The third kappa shape index (κ3) is 4.21. The van der Waals surface area contributed by atoms with Crippen LogP contribution < -0.4 is 5.32 Å². The number of carbonyl (C=O) groups is 2. The summed E-state index contributed by atoms with van der Waals surface area (Å²) in [5.41, 5.74) is -0.485. The Morgan fingerprint density at radius 3 is 2.32 bits per heavy atom. The number of hydrogen-bond acceptors (Lipinski definition) is 2. The summed E-state index contributed by atoms with van der Waals surface area (Å²) in [5.74, 6) is -3.58. The van der Waals surface area contributed by atoms with Crippen LogP contribution in [0.3, 0.4) is 0 Å². The minimum Gasteiger partial charge on any atom is -0.481 e. The molecule has 0 aliphatic heterocycles. The van der Waals surface area contributed by atoms with E-state index in [4.69, 9.17) is 0 Å². The number of halogens is 2. The summed E-state index contributed by atoms with van der Waals surface area (Å²) in [6.45, 7) is 3.09. The van der Waals surface area contributed by atoms with Crippen molar-refractivity contribution in [2.45, 2.75) is 31.7 Å². The second-order valence-corrected chi connectivity index (χ2v) is 6.14. The Labute approximate surface area is 144 Å². The van der Waals surface area contributed by atoms with Crippen LogP contribution in [-0.2, 0) is 15.0 Å². The van der Waals surface area contributed by atoms with Crippen LogP contribution in [0, 0.1) is 11.6 Å². The standard InChI is InChI=1S/C19H19F2NO3/c1-12(13-8-9-15(20)16(21)10-13)22-17(23)11-19(2,18(24)25)14-6-4-3-5-7-14/h3-10,12H,11H2,1-2H3,(H,22,23)(H,24,25)/t12-,19+/m1/s1. The van der Waals surface area contributed by atoms with Gasteiger partial charge in [0, 0.05) is 6.42 Å². The average molecular weight is 347 g/mol. The fourth-order valence-corrected chi connectivity index (χ4v) is 2.59. The van der Waals surface area contributed by atoms with Crippen molar-refractivity contribution < 1.29 is 23.5 Å². The molecule has 0 aromatic heterocycles. The highest BCUT2D eigenvalue weighted by molar-refractivity contribution is 5.89. The monoisotopic (exact) mass is 347 g/mol. The van der Waals surface area contributed by atoms with Gasteiger partial charge in [0.05, 0.1) is 11.5 Å². The molecule has 0 aliphatic rings. The summed E-state index contributed by atoms with van der Waals surface area (Å²) in [7, 11) is 0. The van der Waals surface area contributed by atoms with E-state index in [1.54, 1.807) is 37.3 Å². The zero-order valence-corrected chi connectivity index (χ0v) is 13.9. The number of carboxylic acids is 1. The number of rotatable bonds is 6. The molecule has 4 nitrogen and oxygen atoms in total. The summed E-state index contributed by atoms with van der Waals surface area (Å²) < 4.78 is 26.3. The predicted molar refractivity (Wildman–Crippen MR) is 89.0 cm³/mol. The lowest BCUT2D eigenvalue weighted by Crippen LogP contribution is -2.39. The van der Waals surface area contributed by atoms with E-state index < -0.39 is 35.0 Å². The molecule has 0 radical (unpaired) electrons. The largest absolute Gasteiger partial charge is 0.481 e. The van der Waals surface area contributed by atoms with E-state index in [0.29, 0.717) is 11.1 Å². The smallest absolute Gasteiger partial charge is 0.314 e. The molecule has 2 atom stereocenters. The zero-order valence-electron chi connectivity index (χ0n) is 13.9. The van der Waals surface area contributed by atoms with E-state index in [9.17, 15) is 23.5 Å². The quantitative estimate of drug-likeness (QED) is 0.839. The maximum Gasteiger partial charge on any atom is 0.314 e. The Morgan fingerprint density at radius 1 is 1.12 bits per heavy atom. The average Bonchev–Trinajstić information content (AvgIpc) is 2.57. The summed E-state index contributed by atoms with van der Waals surface area (Å²) in [4.78, 5) is 24.1. The van der Waals surface area contributed by atoms with Gasteiger partial charge in [0.2, 0.25) is 5.91 Å². The van der Waals surface area contributed by atoms with Gasteiger partial charge in [0.1, 0.15) is 0 Å². The number of nitrogens with one attached hydrogen (secondary N) is 1. The Hall–Kier alpha value is -2.76. The first kappa shape index (κ1) is 18.6. The van der Waals surface area contributed by atoms with Crippen molar-refractivity contribution in [1.82, 2.24) is 5.32 Å². The number of aliphatic carboxylic acids is 1. The maximum absolute atomic E-state index is 13.3. The first-order valence-corrected chi connectivity index (χ1v) is 7.77. The van der Waals surface area contributed by atoms with Gasteiger partial charge in [-0.05, 0) is 37.1 Å². The van der Waals surface area contributed by atoms with Crippen molar-refractivity contribution in [3.05, 3.63) is 71.3 Å². The molecule has 0 fully saturated rings. The SMILES string of the molecule is C[C@@H](NC(=O)C[C@](C)(C(=O)O)c1ccccc1)c1ccc(F)c(F)c1. The van der Waals surface area contributed by atoms with Gasteiger partial charge in [0.15, 0.2) is 11.6 Å². The van der Waals surface area contributed by atoms with E-state index in [-0.39, 0.29) is 6.42 Å². The first-order valence-electron chi connectivity index (χ1n) is 7.77. The highest BCUT2D eigenvalue weighted by atomic mass is 19.2. The lowest BCUT2D eigenvalue weighted by Gasteiger charge is -2.26. The van der Waals surface area contributed by atoms with Gasteiger partial charge in [0.25, 0.3) is 0 Å². The Balaban J connectivity index is 2.14. The summed E-state index contributed by atoms with van der Waals surface area (Å²) in [5, 5.41) is 12.2. The molecule has 2 aromatic rings. The third-order valence-corrected chi connectivity index (χ3v) is 4.22. The lowest BCUT2D eigenvalue weighted by molar-refractivity contribution is -0.145. The van der Waals surface area contributed by atoms with Crippen LogP contribution in [0.5, 0.6) is 0 Å². The van der Waals surface area contributed by atoms with Crippen molar-refractivity contribution >= 4 is 11.9 Å². The summed E-state index contributed by atoms with van der Waals surface area (Å²) >= 11 is 0. The number of hydrogen-bond donors (Lipinski definition) is 2. The highest BCUT2D eigenvalue weighted by Gasteiger charge is 2.37. The number of amides is 1. The molecule has 0 bridgehead atoms. The molecule has 6 heteroatoms. The number of carboxylic acid groups (broad SMARTS) is 1. The molecule has 0 heterocycles. The van der Waals surface area contributed by atoms with Gasteiger partial charge in [-0.25, -0.2) is 8.78 Å². The van der Waals surface area contributed by atoms with E-state index in [0.717, 1.165) is 12.1 Å². The zero-order chi connectivity index (χ0) is 18.6. The van der Waals surface area contributed by atoms with Crippen LogP contribution in [0.1, 0.15) is 37.4 Å². The third-order valence-electron chi connectivity index (χ3n) is 4.22. The van der Waals surface area contributed by atoms with Gasteiger partial charge in [-0.1, -0.05) is 36.4 Å². The molecule has 0 saturated heterocycles. The molecule has 132 valence electrons. The van der Waals surface area contributed by atoms with Gasteiger partial charge < -0.3 is 10.4 Å². The van der Waals surface area contributed by atoms with Crippen LogP contribution in [0.4, 0.5) is 8.78 Å². The second kappa shape index (κ2) is 7.42. The molecule has 1 amide bonds. The van der Waals surface area contributed by atoms with E-state index in [1.165, 1.54) is 13.0 Å². The van der Waals surface area contributed by atoms with Gasteiger partial charge in [-0.3, -0.25) is 9.59 Å². The van der Waals surface area contributed by atoms with Crippen LogP contribution >= 0.6 is 0 Å². The molecule has 0 aliphatic carbocycles. The van der Waals surface area contributed by atoms with Crippen molar-refractivity contribution in [3.8, 4) is 0 Å². The molecule has 0 spiro atoms. The van der Waals surface area contributed by atoms with Gasteiger partial charge in [-0.2, -0.15) is 0 Å². The first-order chi connectivity index (χ1) is 11.7. The van der Waals surface area contributed by atoms with E-state index in [1.807, 2.05) is 0 Å². The minimum atomic E-state index is -1.39. The normalized spacial score (nSPS) is 14.4. The topological polar surface area (TPSA) is 66.4 Å². The predicted octanol–water partition coefficient (Wildman–Crippen LogP) is 3.57. The van der Waals surface area contributed by atoms with E-state index in [2.05, 4.69) is 5.32 Å². The van der Waals surface area contributed by atoms with Gasteiger partial charge >= 0.3 is 5.97 Å². The minimum absolute atomic E-state index is 0.277. The lowest BCUT2D eigenvalue weighted by atomic mass is 9.79. The van der Waals surface area contributed by atoms with Crippen LogP contribution in [-0.4, -0.2) is 17.0 Å². The van der Waals surface area contributed by atoms with Crippen molar-refractivity contribution in [2.75, 3.05) is 0 Å². The number of benzene rings is 2. The van der Waals surface area contributed by atoms with Crippen molar-refractivity contribution in [1.29, 1.82) is 0 Å². The molecule has 2 aromatic carbocycles. The molecular formula is C19H19F2NO3. The fourth-order valence-electron chi connectivity index (χ4n) is 2.59. The maximum atomic E-state index is 13.3. The molecule has 2 rings (SSSR count). The van der Waals surface area contributed by atoms with Crippen molar-refractivity contribution in [3.63, 3.8) is 0 Å². The number of carbonyl (C=O) groups excluding carboxylic acids is 1. The van der Waals surface area contributed by atoms with E-state index >= 15 is 0 Å². The Kier molecular flexibility index (Phi) is 5.51. The fraction of sp³-hybridized carbons (Fsp3) is 0.263.